The third-order valence-electron chi connectivity index (χ3n) is 7.64. The number of nitrogens with zero attached hydrogens (tertiary/aromatic N) is 4. The molecular formula is C27H34N6O4. The maximum atomic E-state index is 13.8. The molecule has 37 heavy (non-hydrogen) atoms. The van der Waals surface area contributed by atoms with Crippen LogP contribution in [0.25, 0.3) is 11.4 Å². The largest absolute Gasteiger partial charge is 0.378 e. The summed E-state index contributed by atoms with van der Waals surface area (Å²) in [4.78, 5) is 39.9. The number of urea groups is 1. The molecule has 4 aliphatic rings. The lowest BCUT2D eigenvalue weighted by molar-refractivity contribution is -0.142. The third-order valence-corrected chi connectivity index (χ3v) is 7.64. The van der Waals surface area contributed by atoms with E-state index >= 15 is 0 Å². The van der Waals surface area contributed by atoms with E-state index in [-0.39, 0.29) is 18.0 Å². The molecule has 1 atom stereocenters. The Labute approximate surface area is 216 Å². The van der Waals surface area contributed by atoms with Gasteiger partial charge >= 0.3 is 6.03 Å². The highest BCUT2D eigenvalue weighted by molar-refractivity contribution is 5.92. The molecule has 4 fully saturated rings. The summed E-state index contributed by atoms with van der Waals surface area (Å²) in [6.07, 6.45) is 3.65. The average molecular weight is 507 g/mol. The van der Waals surface area contributed by atoms with Crippen LogP contribution in [-0.2, 0) is 19.7 Å². The van der Waals surface area contributed by atoms with Crippen molar-refractivity contribution in [2.75, 3.05) is 56.3 Å². The first kappa shape index (κ1) is 24.1. The van der Waals surface area contributed by atoms with Crippen molar-refractivity contribution in [3.05, 3.63) is 36.0 Å². The molecule has 0 spiro atoms. The Bertz CT molecular complexity index is 1160. The van der Waals surface area contributed by atoms with E-state index in [2.05, 4.69) is 15.5 Å². The van der Waals surface area contributed by atoms with E-state index in [1.807, 2.05) is 42.2 Å². The van der Waals surface area contributed by atoms with Gasteiger partial charge in [0.2, 0.25) is 5.91 Å². The number of carbonyl (C=O) groups is 2. The summed E-state index contributed by atoms with van der Waals surface area (Å²) < 4.78 is 11.1. The molecule has 0 bridgehead atoms. The molecule has 0 unspecified atom stereocenters. The molecule has 10 nitrogen and oxygen atoms in total. The summed E-state index contributed by atoms with van der Waals surface area (Å²) in [6.45, 7) is 6.57. The topological polar surface area (TPSA) is 109 Å². The summed E-state index contributed by atoms with van der Waals surface area (Å²) >= 11 is 0. The summed E-state index contributed by atoms with van der Waals surface area (Å²) in [5.41, 5.74) is 1.73. The van der Waals surface area contributed by atoms with Crippen LogP contribution in [0.1, 0.15) is 38.3 Å². The van der Waals surface area contributed by atoms with Crippen LogP contribution in [0.2, 0.25) is 0 Å². The number of ether oxygens (including phenoxy) is 2. The van der Waals surface area contributed by atoms with Crippen LogP contribution in [0.15, 0.2) is 30.3 Å². The first-order valence-corrected chi connectivity index (χ1v) is 13.3. The summed E-state index contributed by atoms with van der Waals surface area (Å²) in [7, 11) is 0. The number of hydrogen-bond acceptors (Lipinski definition) is 7. The minimum atomic E-state index is -0.604. The number of anilines is 2. The molecule has 196 valence electrons. The highest BCUT2D eigenvalue weighted by Gasteiger charge is 2.55. The van der Waals surface area contributed by atoms with Gasteiger partial charge in [-0.2, -0.15) is 0 Å². The maximum Gasteiger partial charge on any atom is 0.319 e. The van der Waals surface area contributed by atoms with Gasteiger partial charge in [0, 0.05) is 43.0 Å². The minimum Gasteiger partial charge on any atom is -0.378 e. The minimum absolute atomic E-state index is 0.0518. The molecule has 1 aromatic carbocycles. The van der Waals surface area contributed by atoms with Crippen LogP contribution in [0.5, 0.6) is 0 Å². The second kappa shape index (κ2) is 9.90. The molecule has 1 aromatic heterocycles. The predicted molar refractivity (Wildman–Crippen MR) is 139 cm³/mol. The normalized spacial score (nSPS) is 22.9. The number of benzene rings is 1. The van der Waals surface area contributed by atoms with Crippen molar-refractivity contribution in [3.63, 3.8) is 0 Å². The van der Waals surface area contributed by atoms with E-state index in [4.69, 9.17) is 19.4 Å². The fraction of sp³-hybridized carbons (Fsp3) is 0.556. The zero-order valence-corrected chi connectivity index (χ0v) is 21.2. The van der Waals surface area contributed by atoms with Gasteiger partial charge < -0.3 is 29.9 Å². The van der Waals surface area contributed by atoms with Gasteiger partial charge in [-0.25, -0.2) is 14.8 Å². The van der Waals surface area contributed by atoms with Crippen LogP contribution in [0.3, 0.4) is 0 Å². The number of carbonyl (C=O) groups excluding carboxylic acids is 2. The Kier molecular flexibility index (Phi) is 6.46. The molecule has 3 heterocycles. The second-order valence-corrected chi connectivity index (χ2v) is 10.5. The number of aromatic nitrogens is 2. The molecule has 6 rings (SSSR count). The van der Waals surface area contributed by atoms with Gasteiger partial charge in [0.15, 0.2) is 5.82 Å². The Balaban J connectivity index is 1.30. The smallest absolute Gasteiger partial charge is 0.319 e. The zero-order chi connectivity index (χ0) is 25.4. The number of hydrogen-bond donors (Lipinski definition) is 2. The maximum absolute atomic E-state index is 13.8. The average Bonchev–Trinajstić information content (AvgIpc) is 3.86. The van der Waals surface area contributed by atoms with Crippen molar-refractivity contribution < 1.29 is 19.1 Å². The van der Waals surface area contributed by atoms with E-state index in [0.29, 0.717) is 50.5 Å². The summed E-state index contributed by atoms with van der Waals surface area (Å²) in [6, 6.07) is 9.72. The quantitative estimate of drug-likeness (QED) is 0.620. The third kappa shape index (κ3) is 5.13. The van der Waals surface area contributed by atoms with Crippen molar-refractivity contribution in [3.8, 4) is 11.4 Å². The van der Waals surface area contributed by atoms with Crippen molar-refractivity contribution in [2.45, 2.75) is 50.1 Å². The molecule has 10 heteroatoms. The molecule has 0 radical (unpaired) electrons. The Morgan fingerprint density at radius 2 is 1.73 bits per heavy atom. The Hall–Kier alpha value is -3.24. The Morgan fingerprint density at radius 3 is 2.41 bits per heavy atom. The number of nitrogens with one attached hydrogen (secondary N) is 2. The number of rotatable bonds is 6. The van der Waals surface area contributed by atoms with Gasteiger partial charge in [-0.05, 0) is 56.9 Å². The van der Waals surface area contributed by atoms with Gasteiger partial charge in [0.1, 0.15) is 5.82 Å². The van der Waals surface area contributed by atoms with E-state index in [1.165, 1.54) is 0 Å². The van der Waals surface area contributed by atoms with Gasteiger partial charge in [-0.3, -0.25) is 4.79 Å². The molecule has 2 saturated heterocycles. The van der Waals surface area contributed by atoms with E-state index < -0.39 is 5.41 Å². The molecule has 3 amide bonds. The monoisotopic (exact) mass is 506 g/mol. The number of morpholine rings is 2. The summed E-state index contributed by atoms with van der Waals surface area (Å²) in [5, 5.41) is 5.81. The van der Waals surface area contributed by atoms with Crippen LogP contribution >= 0.6 is 0 Å². The molecule has 2 saturated carbocycles. The fourth-order valence-electron chi connectivity index (χ4n) is 5.05. The van der Waals surface area contributed by atoms with Gasteiger partial charge in [0.05, 0.1) is 43.6 Å². The van der Waals surface area contributed by atoms with E-state index in [9.17, 15) is 9.59 Å². The van der Waals surface area contributed by atoms with Crippen LogP contribution in [0, 0.1) is 0 Å². The van der Waals surface area contributed by atoms with Gasteiger partial charge in [-0.1, -0.05) is 0 Å². The molecule has 2 aromatic rings. The SMILES string of the molecule is C[C@H]1COCCN1C(=O)C1(c2cc(N3CCOCC3)nc(-c3ccc(NC(=O)NC4CC4)cc3)n2)CC1. The van der Waals surface area contributed by atoms with Crippen molar-refractivity contribution in [1.82, 2.24) is 20.2 Å². The first-order valence-electron chi connectivity index (χ1n) is 13.3. The molecule has 2 aliphatic heterocycles. The summed E-state index contributed by atoms with van der Waals surface area (Å²) in [5.74, 6) is 1.55. The molecular weight excluding hydrogens is 472 g/mol. The highest BCUT2D eigenvalue weighted by Crippen LogP contribution is 2.50. The van der Waals surface area contributed by atoms with E-state index in [1.54, 1.807) is 0 Å². The molecule has 2 aliphatic carbocycles. The number of amides is 3. The highest BCUT2D eigenvalue weighted by atomic mass is 16.5. The van der Waals surface area contributed by atoms with Crippen LogP contribution < -0.4 is 15.5 Å². The zero-order valence-electron chi connectivity index (χ0n) is 21.2. The van der Waals surface area contributed by atoms with Crippen LogP contribution in [0.4, 0.5) is 16.3 Å². The second-order valence-electron chi connectivity index (χ2n) is 10.5. The lowest BCUT2D eigenvalue weighted by Crippen LogP contribution is -2.51. The van der Waals surface area contributed by atoms with Crippen molar-refractivity contribution in [2.24, 2.45) is 0 Å². The standard InChI is InChI=1S/C27H34N6O4/c1-18-17-37-15-12-33(18)25(34)27(8-9-27)22-16-23(32-10-13-36-14-11-32)31-24(30-22)19-2-4-20(5-3-19)28-26(35)29-21-6-7-21/h2-5,16,18,21H,6-15,17H2,1H3,(H2,28,29,35)/t18-/m0/s1. The fourth-order valence-corrected chi connectivity index (χ4v) is 5.05. The van der Waals surface area contributed by atoms with E-state index in [0.717, 1.165) is 55.8 Å². The predicted octanol–water partition coefficient (Wildman–Crippen LogP) is 2.54. The first-order chi connectivity index (χ1) is 18.0. The van der Waals surface area contributed by atoms with Crippen molar-refractivity contribution >= 4 is 23.4 Å². The van der Waals surface area contributed by atoms with Gasteiger partial charge in [-0.15, -0.1) is 0 Å². The Morgan fingerprint density at radius 1 is 1.00 bits per heavy atom. The van der Waals surface area contributed by atoms with Crippen molar-refractivity contribution in [1.29, 1.82) is 0 Å². The van der Waals surface area contributed by atoms with Crippen LogP contribution in [-0.4, -0.2) is 85.0 Å². The van der Waals surface area contributed by atoms with Gasteiger partial charge in [0.25, 0.3) is 0 Å². The molecule has 2 N–H and O–H groups in total. The lowest BCUT2D eigenvalue weighted by Gasteiger charge is -2.36. The lowest BCUT2D eigenvalue weighted by atomic mass is 9.98.